The van der Waals surface area contributed by atoms with Crippen LogP contribution in [-0.2, 0) is 28.9 Å². The monoisotopic (exact) mass is 485 g/mol. The second kappa shape index (κ2) is 9.80. The zero-order valence-electron chi connectivity index (χ0n) is 19.6. The number of anilines is 1. The van der Waals surface area contributed by atoms with Gasteiger partial charge in [0, 0.05) is 36.2 Å². The number of fused-ring (bicyclic) bond motifs is 1. The molecule has 1 aliphatic rings. The molecule has 2 aromatic heterocycles. The van der Waals surface area contributed by atoms with Crippen LogP contribution in [0.5, 0.6) is 5.75 Å². The number of carbonyl (C=O) groups is 2. The minimum atomic E-state index is -0.544. The van der Waals surface area contributed by atoms with Crippen LogP contribution in [-0.4, -0.2) is 51.3 Å². The summed E-state index contributed by atoms with van der Waals surface area (Å²) in [7, 11) is 1.60. The van der Waals surface area contributed by atoms with Crippen molar-refractivity contribution in [1.82, 2.24) is 20.0 Å². The summed E-state index contributed by atoms with van der Waals surface area (Å²) in [4.78, 5) is 36.3. The maximum absolute atomic E-state index is 12.4. The number of ether oxygens (including phenoxy) is 2. The number of rotatable bonds is 6. The molecular formula is C23H27N5O5S. The number of carbonyl (C=O) groups excluding carboxylic acids is 2. The number of aromatic nitrogens is 3. The van der Waals surface area contributed by atoms with Crippen LogP contribution in [0.2, 0.25) is 0 Å². The highest BCUT2D eigenvalue weighted by Crippen LogP contribution is 2.29. The van der Waals surface area contributed by atoms with Crippen LogP contribution in [0.4, 0.5) is 9.93 Å². The molecule has 11 heteroatoms. The average Bonchev–Trinajstić information content (AvgIpc) is 3.42. The van der Waals surface area contributed by atoms with Gasteiger partial charge in [0.25, 0.3) is 0 Å². The highest BCUT2D eigenvalue weighted by atomic mass is 32.1. The molecule has 0 spiro atoms. The second-order valence-electron chi connectivity index (χ2n) is 8.83. The van der Waals surface area contributed by atoms with Gasteiger partial charge in [0.15, 0.2) is 5.13 Å². The van der Waals surface area contributed by atoms with Crippen molar-refractivity contribution in [2.45, 2.75) is 52.2 Å². The first-order chi connectivity index (χ1) is 16.2. The summed E-state index contributed by atoms with van der Waals surface area (Å²) >= 11 is 1.37. The minimum Gasteiger partial charge on any atom is -0.497 e. The summed E-state index contributed by atoms with van der Waals surface area (Å²) < 4.78 is 15.9. The third kappa shape index (κ3) is 5.90. The third-order valence-electron chi connectivity index (χ3n) is 5.01. The third-order valence-corrected chi connectivity index (χ3v) is 6.01. The van der Waals surface area contributed by atoms with Gasteiger partial charge in [0.1, 0.15) is 11.4 Å². The Bertz CT molecular complexity index is 1170. The zero-order chi connectivity index (χ0) is 24.3. The Morgan fingerprint density at radius 3 is 2.68 bits per heavy atom. The van der Waals surface area contributed by atoms with Gasteiger partial charge in [-0.25, -0.2) is 9.78 Å². The molecule has 1 aromatic carbocycles. The lowest BCUT2D eigenvalue weighted by Gasteiger charge is -2.29. The van der Waals surface area contributed by atoms with Crippen LogP contribution in [0.25, 0.3) is 11.4 Å². The van der Waals surface area contributed by atoms with Gasteiger partial charge in [0.2, 0.25) is 17.6 Å². The molecule has 0 unspecified atom stereocenters. The van der Waals surface area contributed by atoms with Crippen molar-refractivity contribution >= 4 is 28.5 Å². The van der Waals surface area contributed by atoms with Crippen molar-refractivity contribution in [3.05, 3.63) is 40.7 Å². The quantitative estimate of drug-likeness (QED) is 0.555. The average molecular weight is 486 g/mol. The molecule has 10 nitrogen and oxygen atoms in total. The van der Waals surface area contributed by atoms with E-state index in [1.165, 1.54) is 11.3 Å². The van der Waals surface area contributed by atoms with Crippen LogP contribution in [0.3, 0.4) is 0 Å². The van der Waals surface area contributed by atoms with Crippen molar-refractivity contribution in [3.8, 4) is 17.1 Å². The molecule has 0 saturated heterocycles. The lowest BCUT2D eigenvalue weighted by Crippen LogP contribution is -2.39. The first-order valence-electron chi connectivity index (χ1n) is 10.9. The van der Waals surface area contributed by atoms with Crippen LogP contribution >= 0.6 is 11.3 Å². The van der Waals surface area contributed by atoms with Crippen molar-refractivity contribution in [1.29, 1.82) is 0 Å². The van der Waals surface area contributed by atoms with Crippen LogP contribution < -0.4 is 10.1 Å². The number of hydrogen-bond acceptors (Lipinski definition) is 9. The van der Waals surface area contributed by atoms with Gasteiger partial charge in [-0.15, -0.1) is 0 Å². The van der Waals surface area contributed by atoms with E-state index in [-0.39, 0.29) is 18.4 Å². The van der Waals surface area contributed by atoms with E-state index in [1.54, 1.807) is 12.0 Å². The molecule has 0 aliphatic carbocycles. The van der Waals surface area contributed by atoms with Crippen LogP contribution in [0.1, 0.15) is 43.7 Å². The van der Waals surface area contributed by atoms with Gasteiger partial charge in [-0.2, -0.15) is 4.98 Å². The van der Waals surface area contributed by atoms with Gasteiger partial charge in [-0.3, -0.25) is 4.79 Å². The summed E-state index contributed by atoms with van der Waals surface area (Å²) in [6.45, 7) is 6.49. The molecule has 34 heavy (non-hydrogen) atoms. The van der Waals surface area contributed by atoms with Crippen molar-refractivity contribution in [3.63, 3.8) is 0 Å². The van der Waals surface area contributed by atoms with E-state index in [4.69, 9.17) is 14.0 Å². The lowest BCUT2D eigenvalue weighted by atomic mass is 10.2. The van der Waals surface area contributed by atoms with E-state index in [1.807, 2.05) is 45.0 Å². The maximum atomic E-state index is 12.4. The predicted octanol–water partition coefficient (Wildman–Crippen LogP) is 4.07. The Hall–Kier alpha value is -3.47. The number of methoxy groups -OCH3 is 1. The largest absolute Gasteiger partial charge is 0.497 e. The van der Waals surface area contributed by atoms with Crippen molar-refractivity contribution < 1.29 is 23.6 Å². The molecule has 3 aromatic rings. The molecule has 0 atom stereocenters. The van der Waals surface area contributed by atoms with Gasteiger partial charge in [-0.1, -0.05) is 16.5 Å². The first-order valence-corrected chi connectivity index (χ1v) is 11.7. The fourth-order valence-electron chi connectivity index (χ4n) is 3.35. The fraction of sp³-hybridized carbons (Fsp3) is 0.435. The zero-order valence-corrected chi connectivity index (χ0v) is 20.4. The number of nitrogens with one attached hydrogen (secondary N) is 1. The smallest absolute Gasteiger partial charge is 0.410 e. The number of amides is 2. The molecule has 1 aliphatic heterocycles. The summed E-state index contributed by atoms with van der Waals surface area (Å²) in [5, 5.41) is 7.33. The highest BCUT2D eigenvalue weighted by molar-refractivity contribution is 7.15. The molecule has 0 bridgehead atoms. The van der Waals surface area contributed by atoms with Gasteiger partial charge < -0.3 is 24.2 Å². The highest BCUT2D eigenvalue weighted by Gasteiger charge is 2.28. The Kier molecular flexibility index (Phi) is 6.82. The molecule has 4 rings (SSSR count). The molecule has 0 saturated carbocycles. The van der Waals surface area contributed by atoms with E-state index in [9.17, 15) is 9.59 Å². The van der Waals surface area contributed by atoms with E-state index in [2.05, 4.69) is 20.4 Å². The van der Waals surface area contributed by atoms with Crippen molar-refractivity contribution in [2.24, 2.45) is 0 Å². The standard InChI is InChI=1S/C23H27N5O5S/c1-23(2,3)32-22(30)28-12-11-16-17(13-28)34-21(24-16)25-18(29)9-10-19-26-20(27-33-19)14-5-7-15(31-4)8-6-14/h5-8H,9-13H2,1-4H3,(H,24,25,29). The molecule has 3 heterocycles. The Morgan fingerprint density at radius 1 is 1.21 bits per heavy atom. The molecule has 0 fully saturated rings. The SMILES string of the molecule is COc1ccc(-c2noc(CCC(=O)Nc3nc4c(s3)CN(C(=O)OC(C)(C)C)CC4)n2)cc1. The maximum Gasteiger partial charge on any atom is 0.410 e. The Labute approximate surface area is 201 Å². The van der Waals surface area contributed by atoms with E-state index >= 15 is 0 Å². The van der Waals surface area contributed by atoms with Gasteiger partial charge >= 0.3 is 6.09 Å². The van der Waals surface area contributed by atoms with Gasteiger partial charge in [-0.05, 0) is 45.0 Å². The summed E-state index contributed by atoms with van der Waals surface area (Å²) in [6, 6.07) is 7.32. The first kappa shape index (κ1) is 23.7. The van der Waals surface area contributed by atoms with E-state index in [0.29, 0.717) is 42.8 Å². The van der Waals surface area contributed by atoms with Gasteiger partial charge in [0.05, 0.1) is 19.3 Å². The normalized spacial score (nSPS) is 13.4. The number of thiazole rings is 1. The van der Waals surface area contributed by atoms with Crippen molar-refractivity contribution in [2.75, 3.05) is 19.0 Å². The summed E-state index contributed by atoms with van der Waals surface area (Å²) in [5.41, 5.74) is 1.16. The molecular weight excluding hydrogens is 458 g/mol. The topological polar surface area (TPSA) is 120 Å². The molecule has 0 radical (unpaired) electrons. The summed E-state index contributed by atoms with van der Waals surface area (Å²) in [5.74, 6) is 1.39. The minimum absolute atomic E-state index is 0.179. The fourth-order valence-corrected chi connectivity index (χ4v) is 4.39. The predicted molar refractivity (Wildman–Crippen MR) is 126 cm³/mol. The number of aryl methyl sites for hydroxylation is 1. The molecule has 180 valence electrons. The second-order valence-corrected chi connectivity index (χ2v) is 9.91. The number of benzene rings is 1. The Balaban J connectivity index is 1.29. The lowest BCUT2D eigenvalue weighted by molar-refractivity contribution is -0.116. The van der Waals surface area contributed by atoms with Crippen LogP contribution in [0.15, 0.2) is 28.8 Å². The Morgan fingerprint density at radius 2 is 1.97 bits per heavy atom. The van der Waals surface area contributed by atoms with E-state index in [0.717, 1.165) is 21.9 Å². The van der Waals surface area contributed by atoms with Crippen LogP contribution in [0, 0.1) is 0 Å². The summed E-state index contributed by atoms with van der Waals surface area (Å²) in [6.07, 6.45) is 0.771. The molecule has 1 N–H and O–H groups in total. The number of hydrogen-bond donors (Lipinski definition) is 1. The van der Waals surface area contributed by atoms with E-state index < -0.39 is 5.60 Å². The molecule has 2 amide bonds. The number of nitrogens with zero attached hydrogens (tertiary/aromatic N) is 4.